The summed E-state index contributed by atoms with van der Waals surface area (Å²) in [5.74, 6) is -0.177. The Kier molecular flexibility index (Phi) is 4.99. The van der Waals surface area contributed by atoms with Crippen molar-refractivity contribution in [1.29, 1.82) is 0 Å². The normalized spacial score (nSPS) is 13.9. The van der Waals surface area contributed by atoms with Crippen LogP contribution in [0.25, 0.3) is 0 Å². The summed E-state index contributed by atoms with van der Waals surface area (Å²) in [4.78, 5) is 11.5. The average molecular weight is 187 g/mol. The summed E-state index contributed by atoms with van der Waals surface area (Å²) in [6, 6.07) is 0. The Bertz CT molecular complexity index is 166. The van der Waals surface area contributed by atoms with Crippen LogP contribution in [0.5, 0.6) is 0 Å². The Balaban J connectivity index is 4.08. The van der Waals surface area contributed by atoms with Gasteiger partial charge in [0, 0.05) is 0 Å². The average Bonchev–Trinajstić information content (AvgIpc) is 2.04. The van der Waals surface area contributed by atoms with Crippen molar-refractivity contribution in [3.05, 3.63) is 0 Å². The molecule has 0 aliphatic rings. The van der Waals surface area contributed by atoms with E-state index in [1.165, 1.54) is 0 Å². The molecule has 3 nitrogen and oxygen atoms in total. The van der Waals surface area contributed by atoms with Crippen molar-refractivity contribution in [2.24, 2.45) is 0 Å². The van der Waals surface area contributed by atoms with Crippen molar-refractivity contribution in [2.45, 2.75) is 52.7 Å². The molecule has 1 unspecified atom stereocenters. The number of carbonyl (C=O) groups is 1. The SMILES string of the molecule is CCNC(C)(C)C(=O)OC(C)CC. The molecule has 0 radical (unpaired) electrons. The summed E-state index contributed by atoms with van der Waals surface area (Å²) in [7, 11) is 0. The van der Waals surface area contributed by atoms with E-state index < -0.39 is 5.54 Å². The largest absolute Gasteiger partial charge is 0.461 e. The first kappa shape index (κ1) is 12.4. The minimum absolute atomic E-state index is 0.00503. The summed E-state index contributed by atoms with van der Waals surface area (Å²) in [6.45, 7) is 10.3. The van der Waals surface area contributed by atoms with E-state index >= 15 is 0 Å². The fourth-order valence-corrected chi connectivity index (χ4v) is 0.927. The Morgan fingerprint density at radius 2 is 2.00 bits per heavy atom. The molecule has 0 amide bonds. The molecule has 0 spiro atoms. The third-order valence-electron chi connectivity index (χ3n) is 2.01. The number of carbonyl (C=O) groups excluding carboxylic acids is 1. The third-order valence-corrected chi connectivity index (χ3v) is 2.01. The van der Waals surface area contributed by atoms with Crippen molar-refractivity contribution < 1.29 is 9.53 Å². The number of ether oxygens (including phenoxy) is 1. The maximum absolute atomic E-state index is 11.5. The Morgan fingerprint density at radius 3 is 2.38 bits per heavy atom. The van der Waals surface area contributed by atoms with Crippen molar-refractivity contribution in [2.75, 3.05) is 6.54 Å². The molecule has 0 aliphatic carbocycles. The Morgan fingerprint density at radius 1 is 1.46 bits per heavy atom. The summed E-state index contributed by atoms with van der Waals surface area (Å²) >= 11 is 0. The lowest BCUT2D eigenvalue weighted by molar-refractivity contribution is -0.155. The maximum atomic E-state index is 11.5. The van der Waals surface area contributed by atoms with Crippen LogP contribution in [0.3, 0.4) is 0 Å². The van der Waals surface area contributed by atoms with Gasteiger partial charge >= 0.3 is 5.97 Å². The molecule has 0 saturated carbocycles. The van der Waals surface area contributed by atoms with Gasteiger partial charge in [0.25, 0.3) is 0 Å². The van der Waals surface area contributed by atoms with Crippen LogP contribution in [0.15, 0.2) is 0 Å². The lowest BCUT2D eigenvalue weighted by atomic mass is 10.1. The second-order valence-electron chi connectivity index (χ2n) is 3.78. The van der Waals surface area contributed by atoms with Crippen LogP contribution in [0, 0.1) is 0 Å². The molecule has 0 rings (SSSR count). The van der Waals surface area contributed by atoms with Gasteiger partial charge in [-0.15, -0.1) is 0 Å². The van der Waals surface area contributed by atoms with E-state index in [9.17, 15) is 4.79 Å². The number of esters is 1. The molecule has 0 heterocycles. The molecule has 78 valence electrons. The van der Waals surface area contributed by atoms with Gasteiger partial charge in [0.05, 0.1) is 6.10 Å². The second-order valence-corrected chi connectivity index (χ2v) is 3.78. The fourth-order valence-electron chi connectivity index (χ4n) is 0.927. The third kappa shape index (κ3) is 4.27. The molecular weight excluding hydrogens is 166 g/mol. The van der Waals surface area contributed by atoms with E-state index in [1.807, 2.05) is 34.6 Å². The predicted molar refractivity (Wildman–Crippen MR) is 53.6 cm³/mol. The molecule has 0 aliphatic heterocycles. The minimum Gasteiger partial charge on any atom is -0.461 e. The summed E-state index contributed by atoms with van der Waals surface area (Å²) in [6.07, 6.45) is 0.860. The van der Waals surface area contributed by atoms with E-state index in [-0.39, 0.29) is 12.1 Å². The van der Waals surface area contributed by atoms with Crippen LogP contribution in [0.2, 0.25) is 0 Å². The number of hydrogen-bond donors (Lipinski definition) is 1. The molecule has 0 fully saturated rings. The molecule has 0 saturated heterocycles. The van der Waals surface area contributed by atoms with E-state index in [1.54, 1.807) is 0 Å². The van der Waals surface area contributed by atoms with Gasteiger partial charge in [-0.05, 0) is 33.7 Å². The van der Waals surface area contributed by atoms with E-state index in [0.29, 0.717) is 0 Å². The molecule has 0 bridgehead atoms. The molecule has 0 aromatic rings. The number of nitrogens with one attached hydrogen (secondary N) is 1. The van der Waals surface area contributed by atoms with Crippen molar-refractivity contribution >= 4 is 5.97 Å². The summed E-state index contributed by atoms with van der Waals surface area (Å²) in [5.41, 5.74) is -0.571. The van der Waals surface area contributed by atoms with Gasteiger partial charge in [0.1, 0.15) is 5.54 Å². The zero-order valence-electron chi connectivity index (χ0n) is 9.31. The highest BCUT2D eigenvalue weighted by molar-refractivity contribution is 5.79. The standard InChI is InChI=1S/C10H21NO2/c1-6-8(3)13-9(12)10(4,5)11-7-2/h8,11H,6-7H2,1-5H3. The van der Waals surface area contributed by atoms with Gasteiger partial charge < -0.3 is 10.1 Å². The first-order valence-corrected chi connectivity index (χ1v) is 4.90. The van der Waals surface area contributed by atoms with Gasteiger partial charge in [-0.1, -0.05) is 13.8 Å². The quantitative estimate of drug-likeness (QED) is 0.666. The molecule has 1 N–H and O–H groups in total. The topological polar surface area (TPSA) is 38.3 Å². The smallest absolute Gasteiger partial charge is 0.326 e. The van der Waals surface area contributed by atoms with E-state index in [2.05, 4.69) is 5.32 Å². The number of likely N-dealkylation sites (N-methyl/N-ethyl adjacent to an activating group) is 1. The first-order chi connectivity index (χ1) is 5.94. The molecule has 13 heavy (non-hydrogen) atoms. The first-order valence-electron chi connectivity index (χ1n) is 4.90. The molecule has 0 aromatic carbocycles. The summed E-state index contributed by atoms with van der Waals surface area (Å²) < 4.78 is 5.22. The van der Waals surface area contributed by atoms with Crippen LogP contribution < -0.4 is 5.32 Å². The van der Waals surface area contributed by atoms with Gasteiger partial charge in [0.2, 0.25) is 0 Å². The van der Waals surface area contributed by atoms with Crippen molar-refractivity contribution in [1.82, 2.24) is 5.32 Å². The molecule has 3 heteroatoms. The monoisotopic (exact) mass is 187 g/mol. The van der Waals surface area contributed by atoms with Gasteiger partial charge in [-0.2, -0.15) is 0 Å². The zero-order chi connectivity index (χ0) is 10.5. The maximum Gasteiger partial charge on any atom is 0.326 e. The molecule has 0 aromatic heterocycles. The Labute approximate surface area is 80.8 Å². The highest BCUT2D eigenvalue weighted by atomic mass is 16.5. The van der Waals surface area contributed by atoms with Crippen LogP contribution in [0.4, 0.5) is 0 Å². The van der Waals surface area contributed by atoms with Crippen LogP contribution in [0.1, 0.15) is 41.0 Å². The lowest BCUT2D eigenvalue weighted by Crippen LogP contribution is -2.48. The zero-order valence-corrected chi connectivity index (χ0v) is 9.31. The van der Waals surface area contributed by atoms with E-state index in [4.69, 9.17) is 4.74 Å². The Hall–Kier alpha value is -0.570. The van der Waals surface area contributed by atoms with Crippen LogP contribution in [-0.2, 0) is 9.53 Å². The van der Waals surface area contributed by atoms with Crippen LogP contribution >= 0.6 is 0 Å². The summed E-state index contributed by atoms with van der Waals surface area (Å²) in [5, 5.41) is 3.08. The fraction of sp³-hybridized carbons (Fsp3) is 0.900. The number of rotatable bonds is 5. The van der Waals surface area contributed by atoms with E-state index in [0.717, 1.165) is 13.0 Å². The van der Waals surface area contributed by atoms with Gasteiger partial charge in [0.15, 0.2) is 0 Å². The van der Waals surface area contributed by atoms with Crippen molar-refractivity contribution in [3.8, 4) is 0 Å². The predicted octanol–water partition coefficient (Wildman–Crippen LogP) is 1.72. The molecule has 1 atom stereocenters. The highest BCUT2D eigenvalue weighted by Gasteiger charge is 2.28. The van der Waals surface area contributed by atoms with Crippen molar-refractivity contribution in [3.63, 3.8) is 0 Å². The minimum atomic E-state index is -0.571. The van der Waals surface area contributed by atoms with Crippen LogP contribution in [-0.4, -0.2) is 24.2 Å². The highest BCUT2D eigenvalue weighted by Crippen LogP contribution is 2.08. The molecular formula is C10H21NO2. The van der Waals surface area contributed by atoms with Gasteiger partial charge in [-0.25, -0.2) is 0 Å². The number of hydrogen-bond acceptors (Lipinski definition) is 3. The lowest BCUT2D eigenvalue weighted by Gasteiger charge is -2.25. The van der Waals surface area contributed by atoms with Gasteiger partial charge in [-0.3, -0.25) is 4.79 Å². The second kappa shape index (κ2) is 5.22.